The predicted molar refractivity (Wildman–Crippen MR) is 110 cm³/mol. The number of phenols is 1. The topological polar surface area (TPSA) is 86.7 Å². The maximum Gasteiger partial charge on any atom is 0.255 e. The number of piperidine rings is 1. The van der Waals surface area contributed by atoms with Crippen molar-refractivity contribution in [1.29, 1.82) is 0 Å². The second-order valence-electron chi connectivity index (χ2n) is 6.97. The number of carbonyl (C=O) groups excluding carboxylic acids is 1. The molecule has 1 aliphatic rings. The number of hydrogen-bond acceptors (Lipinski definition) is 4. The normalized spacial score (nSPS) is 15.4. The Morgan fingerprint density at radius 3 is 2.46 bits per heavy atom. The van der Waals surface area contributed by atoms with E-state index < -0.39 is 15.9 Å². The summed E-state index contributed by atoms with van der Waals surface area (Å²) < 4.78 is 27.3. The van der Waals surface area contributed by atoms with Crippen LogP contribution in [0.1, 0.15) is 40.7 Å². The molecule has 150 valence electrons. The van der Waals surface area contributed by atoms with E-state index in [4.69, 9.17) is 11.6 Å². The Kier molecular flexibility index (Phi) is 5.98. The summed E-state index contributed by atoms with van der Waals surface area (Å²) in [6.07, 6.45) is 2.63. The first-order valence-corrected chi connectivity index (χ1v) is 10.9. The smallest absolute Gasteiger partial charge is 0.255 e. The first-order chi connectivity index (χ1) is 13.2. The van der Waals surface area contributed by atoms with E-state index in [9.17, 15) is 18.3 Å². The van der Waals surface area contributed by atoms with E-state index in [1.807, 2.05) is 0 Å². The number of halogens is 1. The van der Waals surface area contributed by atoms with E-state index in [1.54, 1.807) is 26.0 Å². The van der Waals surface area contributed by atoms with Crippen molar-refractivity contribution in [2.45, 2.75) is 38.0 Å². The molecule has 8 heteroatoms. The van der Waals surface area contributed by atoms with Gasteiger partial charge < -0.3 is 10.4 Å². The number of aryl methyl sites for hydroxylation is 1. The molecule has 1 saturated heterocycles. The Morgan fingerprint density at radius 2 is 1.79 bits per heavy atom. The highest BCUT2D eigenvalue weighted by Crippen LogP contribution is 2.30. The van der Waals surface area contributed by atoms with Gasteiger partial charge in [-0.05, 0) is 56.5 Å². The molecule has 1 aliphatic heterocycles. The molecule has 0 saturated carbocycles. The monoisotopic (exact) mass is 422 g/mol. The van der Waals surface area contributed by atoms with Crippen LogP contribution in [-0.2, 0) is 10.0 Å². The van der Waals surface area contributed by atoms with Gasteiger partial charge in [0.2, 0.25) is 10.0 Å². The van der Waals surface area contributed by atoms with Crippen LogP contribution >= 0.6 is 11.6 Å². The average Bonchev–Trinajstić information content (AvgIpc) is 2.69. The molecule has 0 atom stereocenters. The number of benzene rings is 2. The molecule has 0 aromatic heterocycles. The zero-order valence-electron chi connectivity index (χ0n) is 15.8. The van der Waals surface area contributed by atoms with Crippen molar-refractivity contribution < 1.29 is 18.3 Å². The minimum absolute atomic E-state index is 0.0628. The van der Waals surface area contributed by atoms with Crippen molar-refractivity contribution in [3.05, 3.63) is 52.0 Å². The first-order valence-electron chi connectivity index (χ1n) is 9.12. The van der Waals surface area contributed by atoms with Crippen LogP contribution in [0.15, 0.2) is 35.2 Å². The van der Waals surface area contributed by atoms with Crippen molar-refractivity contribution >= 4 is 33.2 Å². The SMILES string of the molecule is Cc1ccc(NC(=O)c2ccc(Cl)c(S(=O)(=O)N3CCCCC3)c2)c(C)c1O. The molecular weight excluding hydrogens is 400 g/mol. The summed E-state index contributed by atoms with van der Waals surface area (Å²) >= 11 is 6.16. The Morgan fingerprint density at radius 1 is 1.11 bits per heavy atom. The molecule has 2 aromatic rings. The minimum Gasteiger partial charge on any atom is -0.507 e. The van der Waals surface area contributed by atoms with Gasteiger partial charge in [0.15, 0.2) is 0 Å². The third-order valence-electron chi connectivity index (χ3n) is 5.01. The lowest BCUT2D eigenvalue weighted by Gasteiger charge is -2.26. The van der Waals surface area contributed by atoms with Crippen LogP contribution in [0.5, 0.6) is 5.75 Å². The summed E-state index contributed by atoms with van der Waals surface area (Å²) in [6, 6.07) is 7.61. The summed E-state index contributed by atoms with van der Waals surface area (Å²) in [5, 5.41) is 12.9. The van der Waals surface area contributed by atoms with Gasteiger partial charge in [-0.25, -0.2) is 8.42 Å². The fourth-order valence-corrected chi connectivity index (χ4v) is 5.27. The summed E-state index contributed by atoms with van der Waals surface area (Å²) in [6.45, 7) is 4.38. The highest BCUT2D eigenvalue weighted by atomic mass is 35.5. The number of hydrogen-bond donors (Lipinski definition) is 2. The van der Waals surface area contributed by atoms with Crippen LogP contribution in [-0.4, -0.2) is 36.8 Å². The van der Waals surface area contributed by atoms with Crippen molar-refractivity contribution in [2.24, 2.45) is 0 Å². The Hall–Kier alpha value is -2.09. The summed E-state index contributed by atoms with van der Waals surface area (Å²) in [4.78, 5) is 12.6. The molecule has 2 N–H and O–H groups in total. The summed E-state index contributed by atoms with van der Waals surface area (Å²) in [7, 11) is -3.76. The molecule has 6 nitrogen and oxygen atoms in total. The number of carbonyl (C=O) groups is 1. The third-order valence-corrected chi connectivity index (χ3v) is 7.39. The molecule has 0 spiro atoms. The quantitative estimate of drug-likeness (QED) is 0.776. The van der Waals surface area contributed by atoms with Crippen molar-refractivity contribution in [2.75, 3.05) is 18.4 Å². The van der Waals surface area contributed by atoms with Crippen LogP contribution in [0, 0.1) is 13.8 Å². The van der Waals surface area contributed by atoms with Crippen LogP contribution in [0.2, 0.25) is 5.02 Å². The second kappa shape index (κ2) is 8.11. The largest absolute Gasteiger partial charge is 0.507 e. The molecule has 1 amide bonds. The van der Waals surface area contributed by atoms with Gasteiger partial charge in [0.05, 0.1) is 5.02 Å². The lowest BCUT2D eigenvalue weighted by molar-refractivity contribution is 0.102. The number of nitrogens with one attached hydrogen (secondary N) is 1. The van der Waals surface area contributed by atoms with Gasteiger partial charge in [0, 0.05) is 29.9 Å². The van der Waals surface area contributed by atoms with E-state index in [0.29, 0.717) is 29.9 Å². The van der Waals surface area contributed by atoms with Crippen molar-refractivity contribution in [3.63, 3.8) is 0 Å². The molecular formula is C20H23ClN2O4S. The van der Waals surface area contributed by atoms with Gasteiger partial charge in [0.1, 0.15) is 10.6 Å². The Balaban J connectivity index is 1.91. The zero-order chi connectivity index (χ0) is 20.5. The predicted octanol–water partition coefficient (Wildman–Crippen LogP) is 4.09. The summed E-state index contributed by atoms with van der Waals surface area (Å²) in [5.74, 6) is -0.361. The Bertz CT molecular complexity index is 1020. The highest BCUT2D eigenvalue weighted by molar-refractivity contribution is 7.89. The van der Waals surface area contributed by atoms with E-state index in [-0.39, 0.29) is 21.2 Å². The molecule has 0 radical (unpaired) electrons. The third kappa shape index (κ3) is 4.01. The molecule has 0 unspecified atom stereocenters. The van der Waals surface area contributed by atoms with E-state index in [2.05, 4.69) is 5.32 Å². The standard InChI is InChI=1S/C20H23ClN2O4S/c1-13-6-9-17(14(2)19(13)24)22-20(25)15-7-8-16(21)18(12-15)28(26,27)23-10-4-3-5-11-23/h6-9,12,24H,3-5,10-11H2,1-2H3,(H,22,25). The van der Waals surface area contributed by atoms with Gasteiger partial charge in [-0.2, -0.15) is 4.31 Å². The minimum atomic E-state index is -3.76. The number of anilines is 1. The molecule has 2 aromatic carbocycles. The molecule has 28 heavy (non-hydrogen) atoms. The maximum atomic E-state index is 13.0. The molecule has 1 heterocycles. The number of nitrogens with zero attached hydrogens (tertiary/aromatic N) is 1. The van der Waals surface area contributed by atoms with Gasteiger partial charge in [-0.1, -0.05) is 24.1 Å². The second-order valence-corrected chi connectivity index (χ2v) is 9.28. The van der Waals surface area contributed by atoms with Gasteiger partial charge in [-0.3, -0.25) is 4.79 Å². The zero-order valence-corrected chi connectivity index (χ0v) is 17.4. The fraction of sp³-hybridized carbons (Fsp3) is 0.350. The van der Waals surface area contributed by atoms with Gasteiger partial charge >= 0.3 is 0 Å². The van der Waals surface area contributed by atoms with Gasteiger partial charge in [-0.15, -0.1) is 0 Å². The number of sulfonamides is 1. The highest BCUT2D eigenvalue weighted by Gasteiger charge is 2.28. The van der Waals surface area contributed by atoms with Crippen molar-refractivity contribution in [1.82, 2.24) is 4.31 Å². The van der Waals surface area contributed by atoms with Gasteiger partial charge in [0.25, 0.3) is 5.91 Å². The maximum absolute atomic E-state index is 13.0. The molecule has 3 rings (SSSR count). The molecule has 1 fully saturated rings. The first kappa shape index (κ1) is 20.6. The van der Waals surface area contributed by atoms with E-state index >= 15 is 0 Å². The van der Waals surface area contributed by atoms with Crippen LogP contribution in [0.3, 0.4) is 0 Å². The molecule has 0 bridgehead atoms. The van der Waals surface area contributed by atoms with Crippen LogP contribution in [0.25, 0.3) is 0 Å². The van der Waals surface area contributed by atoms with Crippen LogP contribution < -0.4 is 5.32 Å². The Labute approximate surface area is 170 Å². The number of aromatic hydroxyl groups is 1. The summed E-state index contributed by atoms with van der Waals surface area (Å²) in [5.41, 5.74) is 1.89. The average molecular weight is 423 g/mol. The number of rotatable bonds is 4. The fourth-order valence-electron chi connectivity index (χ4n) is 3.25. The lowest BCUT2D eigenvalue weighted by atomic mass is 10.1. The van der Waals surface area contributed by atoms with Crippen LogP contribution in [0.4, 0.5) is 5.69 Å². The molecule has 0 aliphatic carbocycles. The van der Waals surface area contributed by atoms with E-state index in [1.165, 1.54) is 22.5 Å². The van der Waals surface area contributed by atoms with E-state index in [0.717, 1.165) is 19.3 Å². The number of amides is 1. The van der Waals surface area contributed by atoms with Crippen molar-refractivity contribution in [3.8, 4) is 5.75 Å². The number of phenolic OH excluding ortho intramolecular Hbond substituents is 1. The lowest BCUT2D eigenvalue weighted by Crippen LogP contribution is -2.35.